The molecule has 1 fully saturated rings. The monoisotopic (exact) mass is 305 g/mol. The van der Waals surface area contributed by atoms with Crippen LogP contribution in [0.3, 0.4) is 0 Å². The van der Waals surface area contributed by atoms with Gasteiger partial charge >= 0.3 is 0 Å². The summed E-state index contributed by atoms with van der Waals surface area (Å²) in [5.74, 6) is 1.73. The number of hydrogen-bond acceptors (Lipinski definition) is 3. The van der Waals surface area contributed by atoms with Crippen molar-refractivity contribution in [1.29, 1.82) is 0 Å². The van der Waals surface area contributed by atoms with Gasteiger partial charge in [-0.1, -0.05) is 12.1 Å². The van der Waals surface area contributed by atoms with E-state index in [0.717, 1.165) is 43.4 Å². The zero-order valence-electron chi connectivity index (χ0n) is 13.6. The molecular formula is C17H27N3O2. The van der Waals surface area contributed by atoms with Gasteiger partial charge in [-0.05, 0) is 43.9 Å². The Balaban J connectivity index is 1.79. The van der Waals surface area contributed by atoms with E-state index in [0.29, 0.717) is 12.6 Å². The number of methoxy groups -OCH3 is 1. The molecule has 2 N–H and O–H groups in total. The molecule has 1 aromatic carbocycles. The number of guanidine groups is 1. The smallest absolute Gasteiger partial charge is 0.191 e. The lowest BCUT2D eigenvalue weighted by atomic mass is 10.2. The van der Waals surface area contributed by atoms with E-state index in [1.165, 1.54) is 12.8 Å². The lowest BCUT2D eigenvalue weighted by Gasteiger charge is -2.13. The van der Waals surface area contributed by atoms with Gasteiger partial charge in [0, 0.05) is 19.7 Å². The highest BCUT2D eigenvalue weighted by atomic mass is 16.5. The summed E-state index contributed by atoms with van der Waals surface area (Å²) in [6, 6.07) is 8.00. The Morgan fingerprint density at radius 2 is 2.14 bits per heavy atom. The minimum absolute atomic E-state index is 0.414. The standard InChI is InChI=1S/C17H27N3O2/c1-3-18-17(19-11-10-16-5-4-12-22-16)20-13-14-6-8-15(21-2)9-7-14/h6-9,16H,3-5,10-13H2,1-2H3,(H2,18,19,20). The number of rotatable bonds is 7. The normalized spacial score (nSPS) is 18.3. The summed E-state index contributed by atoms with van der Waals surface area (Å²) >= 11 is 0. The first-order chi connectivity index (χ1) is 10.8. The fourth-order valence-electron chi connectivity index (χ4n) is 2.47. The van der Waals surface area contributed by atoms with Gasteiger partial charge in [0.15, 0.2) is 5.96 Å². The second-order valence-corrected chi connectivity index (χ2v) is 5.39. The quantitative estimate of drug-likeness (QED) is 0.599. The van der Waals surface area contributed by atoms with E-state index in [4.69, 9.17) is 9.47 Å². The molecule has 5 nitrogen and oxygen atoms in total. The van der Waals surface area contributed by atoms with Crippen molar-refractivity contribution in [1.82, 2.24) is 10.6 Å². The Hall–Kier alpha value is -1.75. The van der Waals surface area contributed by atoms with Gasteiger partial charge in [-0.3, -0.25) is 0 Å². The highest BCUT2D eigenvalue weighted by Crippen LogP contribution is 2.14. The van der Waals surface area contributed by atoms with Gasteiger partial charge in [-0.2, -0.15) is 0 Å². The maximum atomic E-state index is 5.63. The molecule has 0 radical (unpaired) electrons. The average Bonchev–Trinajstić information content (AvgIpc) is 3.06. The molecule has 1 heterocycles. The van der Waals surface area contributed by atoms with E-state index in [1.54, 1.807) is 7.11 Å². The van der Waals surface area contributed by atoms with Crippen molar-refractivity contribution in [2.45, 2.75) is 38.8 Å². The Morgan fingerprint density at radius 1 is 1.32 bits per heavy atom. The minimum atomic E-state index is 0.414. The maximum Gasteiger partial charge on any atom is 0.191 e. The molecule has 5 heteroatoms. The van der Waals surface area contributed by atoms with E-state index in [9.17, 15) is 0 Å². The third kappa shape index (κ3) is 5.56. The summed E-state index contributed by atoms with van der Waals surface area (Å²) < 4.78 is 10.8. The summed E-state index contributed by atoms with van der Waals surface area (Å²) in [7, 11) is 1.68. The molecule has 1 atom stereocenters. The molecule has 1 unspecified atom stereocenters. The van der Waals surface area contributed by atoms with Crippen LogP contribution in [0.25, 0.3) is 0 Å². The number of benzene rings is 1. The molecule has 22 heavy (non-hydrogen) atoms. The van der Waals surface area contributed by atoms with Crippen molar-refractivity contribution >= 4 is 5.96 Å². The van der Waals surface area contributed by atoms with Gasteiger partial charge < -0.3 is 20.1 Å². The fraction of sp³-hybridized carbons (Fsp3) is 0.588. The number of nitrogens with one attached hydrogen (secondary N) is 2. The Morgan fingerprint density at radius 3 is 2.77 bits per heavy atom. The second-order valence-electron chi connectivity index (χ2n) is 5.39. The summed E-state index contributed by atoms with van der Waals surface area (Å²) in [6.45, 7) is 5.38. The molecule has 1 aliphatic heterocycles. The Bertz CT molecular complexity index is 453. The van der Waals surface area contributed by atoms with Crippen molar-refractivity contribution in [2.75, 3.05) is 26.8 Å². The average molecular weight is 305 g/mol. The summed E-state index contributed by atoms with van der Waals surface area (Å²) in [5.41, 5.74) is 1.16. The molecular weight excluding hydrogens is 278 g/mol. The molecule has 122 valence electrons. The lowest BCUT2D eigenvalue weighted by molar-refractivity contribution is 0.105. The zero-order valence-corrected chi connectivity index (χ0v) is 13.6. The van der Waals surface area contributed by atoms with E-state index < -0.39 is 0 Å². The van der Waals surface area contributed by atoms with Crippen molar-refractivity contribution in [3.63, 3.8) is 0 Å². The van der Waals surface area contributed by atoms with Gasteiger partial charge in [0.05, 0.1) is 19.8 Å². The molecule has 0 amide bonds. The second kappa shape index (κ2) is 9.30. The SMILES string of the molecule is CCNC(=NCc1ccc(OC)cc1)NCCC1CCCO1. The molecule has 1 aromatic rings. The maximum absolute atomic E-state index is 5.63. The largest absolute Gasteiger partial charge is 0.497 e. The van der Waals surface area contributed by atoms with E-state index in [-0.39, 0.29) is 0 Å². The molecule has 2 rings (SSSR count). The first-order valence-corrected chi connectivity index (χ1v) is 8.08. The summed E-state index contributed by atoms with van der Waals surface area (Å²) in [5, 5.41) is 6.65. The predicted octanol–water partition coefficient (Wildman–Crippen LogP) is 2.32. The van der Waals surface area contributed by atoms with Crippen LogP contribution in [0.5, 0.6) is 5.75 Å². The van der Waals surface area contributed by atoms with Crippen LogP contribution in [-0.4, -0.2) is 38.9 Å². The molecule has 0 bridgehead atoms. The first kappa shape index (κ1) is 16.6. The van der Waals surface area contributed by atoms with E-state index in [1.807, 2.05) is 24.3 Å². The Labute approximate surface area is 133 Å². The predicted molar refractivity (Wildman–Crippen MR) is 89.4 cm³/mol. The van der Waals surface area contributed by atoms with Crippen molar-refractivity contribution in [3.8, 4) is 5.75 Å². The van der Waals surface area contributed by atoms with Crippen LogP contribution in [0.2, 0.25) is 0 Å². The summed E-state index contributed by atoms with van der Waals surface area (Å²) in [6.07, 6.45) is 3.82. The van der Waals surface area contributed by atoms with Crippen LogP contribution >= 0.6 is 0 Å². The number of hydrogen-bond donors (Lipinski definition) is 2. The van der Waals surface area contributed by atoms with Crippen LogP contribution in [0, 0.1) is 0 Å². The third-order valence-electron chi connectivity index (χ3n) is 3.71. The highest BCUT2D eigenvalue weighted by molar-refractivity contribution is 5.79. The summed E-state index contributed by atoms with van der Waals surface area (Å²) in [4.78, 5) is 4.62. The third-order valence-corrected chi connectivity index (χ3v) is 3.71. The van der Waals surface area contributed by atoms with Gasteiger partial charge in [-0.25, -0.2) is 4.99 Å². The topological polar surface area (TPSA) is 54.9 Å². The molecule has 1 aliphatic rings. The van der Waals surface area contributed by atoms with Gasteiger partial charge in [0.25, 0.3) is 0 Å². The van der Waals surface area contributed by atoms with Crippen LogP contribution in [-0.2, 0) is 11.3 Å². The molecule has 0 aromatic heterocycles. The number of nitrogens with zero attached hydrogens (tertiary/aromatic N) is 1. The zero-order chi connectivity index (χ0) is 15.6. The number of ether oxygens (including phenoxy) is 2. The van der Waals surface area contributed by atoms with E-state index in [2.05, 4.69) is 22.5 Å². The Kier molecular flexibility index (Phi) is 7.03. The van der Waals surface area contributed by atoms with Crippen LogP contribution < -0.4 is 15.4 Å². The van der Waals surface area contributed by atoms with Crippen LogP contribution in [0.15, 0.2) is 29.3 Å². The van der Waals surface area contributed by atoms with Crippen LogP contribution in [0.1, 0.15) is 31.7 Å². The van der Waals surface area contributed by atoms with Gasteiger partial charge in [0.1, 0.15) is 5.75 Å². The fourth-order valence-corrected chi connectivity index (χ4v) is 2.47. The minimum Gasteiger partial charge on any atom is -0.497 e. The lowest BCUT2D eigenvalue weighted by Crippen LogP contribution is -2.38. The van der Waals surface area contributed by atoms with Crippen molar-refractivity contribution < 1.29 is 9.47 Å². The van der Waals surface area contributed by atoms with Crippen molar-refractivity contribution in [2.24, 2.45) is 4.99 Å². The van der Waals surface area contributed by atoms with Crippen LogP contribution in [0.4, 0.5) is 0 Å². The number of aliphatic imine (C=N–C) groups is 1. The first-order valence-electron chi connectivity index (χ1n) is 8.08. The van der Waals surface area contributed by atoms with Gasteiger partial charge in [-0.15, -0.1) is 0 Å². The molecule has 0 spiro atoms. The molecule has 0 aliphatic carbocycles. The molecule has 0 saturated carbocycles. The highest BCUT2D eigenvalue weighted by Gasteiger charge is 2.14. The van der Waals surface area contributed by atoms with Gasteiger partial charge in [0.2, 0.25) is 0 Å². The molecule has 1 saturated heterocycles. The van der Waals surface area contributed by atoms with E-state index >= 15 is 0 Å². The van der Waals surface area contributed by atoms with Crippen molar-refractivity contribution in [3.05, 3.63) is 29.8 Å².